The lowest BCUT2D eigenvalue weighted by Gasteiger charge is -2.28. The van der Waals surface area contributed by atoms with E-state index in [9.17, 15) is 0 Å². The van der Waals surface area contributed by atoms with Crippen LogP contribution in [0.15, 0.2) is 42.7 Å². The molecule has 0 fully saturated rings. The molecule has 86 valence electrons. The lowest BCUT2D eigenvalue weighted by atomic mass is 9.88. The SMILES string of the molecule is Cc1cccc2c1CCNC2c1cccnc1. The zero-order valence-corrected chi connectivity index (χ0v) is 9.98. The number of pyridine rings is 1. The summed E-state index contributed by atoms with van der Waals surface area (Å²) in [6, 6.07) is 11.0. The van der Waals surface area contributed by atoms with Gasteiger partial charge in [0.15, 0.2) is 0 Å². The third kappa shape index (κ3) is 1.85. The van der Waals surface area contributed by atoms with Gasteiger partial charge in [0.1, 0.15) is 0 Å². The van der Waals surface area contributed by atoms with Crippen LogP contribution in [0.4, 0.5) is 0 Å². The van der Waals surface area contributed by atoms with Gasteiger partial charge in [0.2, 0.25) is 0 Å². The third-order valence-corrected chi connectivity index (χ3v) is 3.50. The van der Waals surface area contributed by atoms with Crippen molar-refractivity contribution in [3.05, 3.63) is 65.0 Å². The smallest absolute Gasteiger partial charge is 0.0594 e. The van der Waals surface area contributed by atoms with Gasteiger partial charge in [-0.25, -0.2) is 0 Å². The number of aryl methyl sites for hydroxylation is 1. The summed E-state index contributed by atoms with van der Waals surface area (Å²) in [7, 11) is 0. The highest BCUT2D eigenvalue weighted by molar-refractivity contribution is 5.42. The number of nitrogens with zero attached hydrogens (tertiary/aromatic N) is 1. The number of rotatable bonds is 1. The summed E-state index contributed by atoms with van der Waals surface area (Å²) < 4.78 is 0. The maximum atomic E-state index is 4.22. The Labute approximate surface area is 102 Å². The average molecular weight is 224 g/mol. The molecule has 0 aliphatic carbocycles. The molecule has 0 saturated heterocycles. The molecule has 1 aliphatic rings. The van der Waals surface area contributed by atoms with E-state index in [1.807, 2.05) is 18.5 Å². The molecule has 17 heavy (non-hydrogen) atoms. The van der Waals surface area contributed by atoms with E-state index in [0.717, 1.165) is 13.0 Å². The predicted octanol–water partition coefficient (Wildman–Crippen LogP) is 2.63. The highest BCUT2D eigenvalue weighted by Crippen LogP contribution is 2.29. The van der Waals surface area contributed by atoms with E-state index in [-0.39, 0.29) is 0 Å². The molecule has 1 aliphatic heterocycles. The lowest BCUT2D eigenvalue weighted by Crippen LogP contribution is -2.31. The third-order valence-electron chi connectivity index (χ3n) is 3.50. The van der Waals surface area contributed by atoms with E-state index in [1.54, 1.807) is 0 Å². The van der Waals surface area contributed by atoms with E-state index in [1.165, 1.54) is 22.3 Å². The Morgan fingerprint density at radius 1 is 1.24 bits per heavy atom. The monoisotopic (exact) mass is 224 g/mol. The number of hydrogen-bond acceptors (Lipinski definition) is 2. The van der Waals surface area contributed by atoms with Crippen LogP contribution in [-0.2, 0) is 6.42 Å². The lowest BCUT2D eigenvalue weighted by molar-refractivity contribution is 0.565. The molecule has 2 heteroatoms. The van der Waals surface area contributed by atoms with Crippen LogP contribution in [0.3, 0.4) is 0 Å². The highest BCUT2D eigenvalue weighted by Gasteiger charge is 2.21. The Bertz CT molecular complexity index is 520. The van der Waals surface area contributed by atoms with Crippen molar-refractivity contribution in [2.45, 2.75) is 19.4 Å². The van der Waals surface area contributed by atoms with E-state index in [0.29, 0.717) is 6.04 Å². The molecule has 2 aromatic rings. The maximum Gasteiger partial charge on any atom is 0.0594 e. The van der Waals surface area contributed by atoms with Crippen molar-refractivity contribution in [2.75, 3.05) is 6.54 Å². The molecule has 0 radical (unpaired) electrons. The molecule has 2 nitrogen and oxygen atoms in total. The van der Waals surface area contributed by atoms with Gasteiger partial charge in [-0.15, -0.1) is 0 Å². The fourth-order valence-corrected chi connectivity index (χ4v) is 2.63. The topological polar surface area (TPSA) is 24.9 Å². The normalized spacial score (nSPS) is 18.8. The summed E-state index contributed by atoms with van der Waals surface area (Å²) in [6.07, 6.45) is 4.90. The zero-order chi connectivity index (χ0) is 11.7. The molecule has 1 unspecified atom stereocenters. The van der Waals surface area contributed by atoms with Gasteiger partial charge in [0.05, 0.1) is 6.04 Å². The van der Waals surface area contributed by atoms with E-state index < -0.39 is 0 Å². The summed E-state index contributed by atoms with van der Waals surface area (Å²) in [4.78, 5) is 4.22. The van der Waals surface area contributed by atoms with Crippen molar-refractivity contribution in [3.63, 3.8) is 0 Å². The molecule has 0 spiro atoms. The van der Waals surface area contributed by atoms with Crippen molar-refractivity contribution < 1.29 is 0 Å². The van der Waals surface area contributed by atoms with Crippen molar-refractivity contribution in [1.29, 1.82) is 0 Å². The first kappa shape index (κ1) is 10.5. The minimum atomic E-state index is 0.298. The Kier molecular flexibility index (Phi) is 2.65. The fraction of sp³-hybridized carbons (Fsp3) is 0.267. The first-order valence-corrected chi connectivity index (χ1v) is 6.08. The van der Waals surface area contributed by atoms with Crippen LogP contribution in [-0.4, -0.2) is 11.5 Å². The predicted molar refractivity (Wildman–Crippen MR) is 69.0 cm³/mol. The number of nitrogens with one attached hydrogen (secondary N) is 1. The van der Waals surface area contributed by atoms with Gasteiger partial charge in [-0.05, 0) is 41.7 Å². The van der Waals surface area contributed by atoms with Crippen LogP contribution >= 0.6 is 0 Å². The van der Waals surface area contributed by atoms with Crippen LogP contribution in [0.25, 0.3) is 0 Å². The molecule has 1 N–H and O–H groups in total. The summed E-state index contributed by atoms with van der Waals surface area (Å²) in [6.45, 7) is 3.24. The summed E-state index contributed by atoms with van der Waals surface area (Å²) in [5.74, 6) is 0. The van der Waals surface area contributed by atoms with Crippen LogP contribution in [0.5, 0.6) is 0 Å². The first-order valence-electron chi connectivity index (χ1n) is 6.08. The molecule has 1 aromatic carbocycles. The van der Waals surface area contributed by atoms with Crippen LogP contribution in [0.2, 0.25) is 0 Å². The van der Waals surface area contributed by atoms with Crippen molar-refractivity contribution in [2.24, 2.45) is 0 Å². The van der Waals surface area contributed by atoms with Crippen molar-refractivity contribution in [1.82, 2.24) is 10.3 Å². The maximum absolute atomic E-state index is 4.22. The van der Waals surface area contributed by atoms with E-state index in [2.05, 4.69) is 41.5 Å². The molecular weight excluding hydrogens is 208 g/mol. The summed E-state index contributed by atoms with van der Waals surface area (Å²) in [5.41, 5.74) is 5.56. The Hall–Kier alpha value is -1.67. The second-order valence-electron chi connectivity index (χ2n) is 4.57. The van der Waals surface area contributed by atoms with Gasteiger partial charge < -0.3 is 5.32 Å². The largest absolute Gasteiger partial charge is 0.306 e. The van der Waals surface area contributed by atoms with Gasteiger partial charge in [-0.3, -0.25) is 4.98 Å². The molecule has 2 heterocycles. The molecule has 3 rings (SSSR count). The minimum Gasteiger partial charge on any atom is -0.306 e. The Morgan fingerprint density at radius 3 is 3.00 bits per heavy atom. The van der Waals surface area contributed by atoms with E-state index in [4.69, 9.17) is 0 Å². The minimum absolute atomic E-state index is 0.298. The van der Waals surface area contributed by atoms with Gasteiger partial charge in [0, 0.05) is 18.9 Å². The van der Waals surface area contributed by atoms with Crippen molar-refractivity contribution >= 4 is 0 Å². The standard InChI is InChI=1S/C15H16N2/c1-11-4-2-6-14-13(11)7-9-17-15(14)12-5-3-8-16-10-12/h2-6,8,10,15,17H,7,9H2,1H3. The highest BCUT2D eigenvalue weighted by atomic mass is 14.9. The fourth-order valence-electron chi connectivity index (χ4n) is 2.63. The molecular formula is C15H16N2. The first-order chi connectivity index (χ1) is 8.36. The molecule has 1 atom stereocenters. The van der Waals surface area contributed by atoms with Crippen molar-refractivity contribution in [3.8, 4) is 0 Å². The summed E-state index contributed by atoms with van der Waals surface area (Å²) >= 11 is 0. The molecule has 0 amide bonds. The van der Waals surface area contributed by atoms with Gasteiger partial charge >= 0.3 is 0 Å². The second kappa shape index (κ2) is 4.30. The number of fused-ring (bicyclic) bond motifs is 1. The van der Waals surface area contributed by atoms with Gasteiger partial charge in [0.25, 0.3) is 0 Å². The zero-order valence-electron chi connectivity index (χ0n) is 9.98. The van der Waals surface area contributed by atoms with Gasteiger partial charge in [-0.1, -0.05) is 24.3 Å². The molecule has 0 saturated carbocycles. The van der Waals surface area contributed by atoms with Crippen LogP contribution < -0.4 is 5.32 Å². The quantitative estimate of drug-likeness (QED) is 0.805. The Balaban J connectivity index is 2.09. The number of hydrogen-bond donors (Lipinski definition) is 1. The van der Waals surface area contributed by atoms with E-state index >= 15 is 0 Å². The molecule has 0 bridgehead atoms. The number of aromatic nitrogens is 1. The van der Waals surface area contributed by atoms with Gasteiger partial charge in [-0.2, -0.15) is 0 Å². The second-order valence-corrected chi connectivity index (χ2v) is 4.57. The molecule has 1 aromatic heterocycles. The average Bonchev–Trinajstić information content (AvgIpc) is 2.40. The number of benzene rings is 1. The summed E-state index contributed by atoms with van der Waals surface area (Å²) in [5, 5.41) is 3.58. The van der Waals surface area contributed by atoms with Crippen LogP contribution in [0.1, 0.15) is 28.3 Å². The van der Waals surface area contributed by atoms with Crippen LogP contribution in [0, 0.1) is 6.92 Å². The Morgan fingerprint density at radius 2 is 2.18 bits per heavy atom.